The molecule has 212 valence electrons. The fourth-order valence-corrected chi connectivity index (χ4v) is 5.39. The normalized spacial score (nSPS) is 11.1. The maximum atomic E-state index is 4.00. The molecule has 0 unspecified atom stereocenters. The molecule has 0 atom stereocenters. The van der Waals surface area contributed by atoms with Crippen LogP contribution in [0, 0.1) is 19.8 Å². The third-order valence-electron chi connectivity index (χ3n) is 7.16. The van der Waals surface area contributed by atoms with E-state index in [1.165, 1.54) is 33.3 Å². The van der Waals surface area contributed by atoms with Gasteiger partial charge < -0.3 is 9.80 Å². The number of hydrogen-bond donors (Lipinski definition) is 0. The molecule has 0 fully saturated rings. The molecule has 0 spiro atoms. The Labute approximate surface area is 257 Å². The number of anilines is 5. The summed E-state index contributed by atoms with van der Waals surface area (Å²) in [5.74, 6) is 0. The first-order valence-electron chi connectivity index (χ1n) is 14.4. The Morgan fingerprint density at radius 1 is 0.628 bits per heavy atom. The maximum Gasteiger partial charge on any atom is 0.0616 e. The smallest absolute Gasteiger partial charge is 0.0616 e. The van der Waals surface area contributed by atoms with Crippen molar-refractivity contribution in [1.82, 2.24) is 0 Å². The van der Waals surface area contributed by atoms with Crippen molar-refractivity contribution in [2.75, 3.05) is 16.3 Å². The minimum absolute atomic E-state index is 0.728. The molecule has 0 saturated heterocycles. The lowest BCUT2D eigenvalue weighted by Crippen LogP contribution is -2.20. The molecule has 0 radical (unpaired) electrons. The van der Waals surface area contributed by atoms with Gasteiger partial charge in [-0.15, -0.1) is 12.8 Å². The van der Waals surface area contributed by atoms with E-state index in [4.69, 9.17) is 0 Å². The van der Waals surface area contributed by atoms with Crippen molar-refractivity contribution >= 4 is 45.3 Å². The van der Waals surface area contributed by atoms with Crippen LogP contribution in [-0.4, -0.2) is 6.54 Å². The van der Waals surface area contributed by atoms with E-state index in [0.717, 1.165) is 23.6 Å². The Morgan fingerprint density at radius 3 is 1.63 bits per heavy atom. The Kier molecular flexibility index (Phi) is 11.0. The van der Waals surface area contributed by atoms with Gasteiger partial charge in [-0.1, -0.05) is 128 Å². The molecular formula is C41H38N2. The van der Waals surface area contributed by atoms with Crippen molar-refractivity contribution in [3.63, 3.8) is 0 Å². The van der Waals surface area contributed by atoms with Crippen molar-refractivity contribution in [2.45, 2.75) is 13.8 Å². The van der Waals surface area contributed by atoms with Crippen molar-refractivity contribution in [3.8, 4) is 12.8 Å². The molecule has 5 aromatic carbocycles. The van der Waals surface area contributed by atoms with E-state index in [1.54, 1.807) is 6.08 Å². The summed E-state index contributed by atoms with van der Waals surface area (Å²) in [7, 11) is 0. The predicted octanol–water partition coefficient (Wildman–Crippen LogP) is 11.3. The Balaban J connectivity index is 0.00000207. The molecular weight excluding hydrogens is 520 g/mol. The summed E-state index contributed by atoms with van der Waals surface area (Å²) in [5.41, 5.74) is 8.22. The maximum absolute atomic E-state index is 4.00. The minimum atomic E-state index is 0.728. The van der Waals surface area contributed by atoms with E-state index in [1.807, 2.05) is 12.2 Å². The predicted molar refractivity (Wildman–Crippen MR) is 190 cm³/mol. The van der Waals surface area contributed by atoms with Gasteiger partial charge >= 0.3 is 0 Å². The summed E-state index contributed by atoms with van der Waals surface area (Å²) >= 11 is 0. The van der Waals surface area contributed by atoms with Crippen molar-refractivity contribution in [2.24, 2.45) is 0 Å². The molecule has 5 aromatic rings. The van der Waals surface area contributed by atoms with Crippen molar-refractivity contribution in [3.05, 3.63) is 169 Å². The van der Waals surface area contributed by atoms with Crippen LogP contribution in [-0.2, 0) is 0 Å². The second-order valence-corrected chi connectivity index (χ2v) is 9.78. The third-order valence-corrected chi connectivity index (χ3v) is 7.16. The lowest BCUT2D eigenvalue weighted by molar-refractivity contribution is 1.09. The number of allylic oxidation sites excluding steroid dienone is 5. The number of nitrogens with zero attached hydrogens (tertiary/aromatic N) is 2. The second kappa shape index (κ2) is 15.5. The van der Waals surface area contributed by atoms with Gasteiger partial charge in [0.1, 0.15) is 0 Å². The summed E-state index contributed by atoms with van der Waals surface area (Å²) in [6, 6.07) is 40.7. The molecule has 0 aliphatic heterocycles. The van der Waals surface area contributed by atoms with E-state index in [0.29, 0.717) is 0 Å². The first kappa shape index (κ1) is 30.4. The van der Waals surface area contributed by atoms with Crippen LogP contribution in [0.2, 0.25) is 0 Å². The molecule has 43 heavy (non-hydrogen) atoms. The van der Waals surface area contributed by atoms with Gasteiger partial charge in [-0.2, -0.15) is 0 Å². The van der Waals surface area contributed by atoms with Crippen LogP contribution < -0.4 is 9.80 Å². The highest BCUT2D eigenvalue weighted by atomic mass is 15.2. The third kappa shape index (κ3) is 6.87. The molecule has 2 nitrogen and oxygen atoms in total. The number of hydrogen-bond acceptors (Lipinski definition) is 2. The highest BCUT2D eigenvalue weighted by Gasteiger charge is 2.25. The summed E-state index contributed by atoms with van der Waals surface area (Å²) in [4.78, 5) is 4.81. The van der Waals surface area contributed by atoms with Crippen LogP contribution in [0.15, 0.2) is 158 Å². The van der Waals surface area contributed by atoms with Gasteiger partial charge in [0, 0.05) is 39.9 Å². The minimum Gasteiger partial charge on any atom is -0.337 e. The first-order valence-corrected chi connectivity index (χ1v) is 14.4. The topological polar surface area (TPSA) is 6.48 Å². The summed E-state index contributed by atoms with van der Waals surface area (Å²) in [5, 5.41) is 2.41. The summed E-state index contributed by atoms with van der Waals surface area (Å²) in [6.07, 6.45) is 22.5. The quantitative estimate of drug-likeness (QED) is 0.124. The molecule has 0 bridgehead atoms. The van der Waals surface area contributed by atoms with E-state index in [9.17, 15) is 0 Å². The Morgan fingerprint density at radius 2 is 1.12 bits per heavy atom. The van der Waals surface area contributed by atoms with Gasteiger partial charge in [-0.3, -0.25) is 0 Å². The number of para-hydroxylation sites is 3. The molecule has 0 saturated carbocycles. The number of terminal acetylenes is 1. The average molecular weight is 559 g/mol. The summed E-state index contributed by atoms with van der Waals surface area (Å²) < 4.78 is 0. The van der Waals surface area contributed by atoms with Gasteiger partial charge in [-0.05, 0) is 55.8 Å². The molecule has 0 amide bonds. The Hall–Kier alpha value is -5.52. The SMILES string of the molecule is C#C.C=C/C=C\C=C/CN(c1ccccc1)c1c(C)c(/C=C\C)c(N(c2ccccc2)c2ccccc2)c2ccccc12. The molecule has 0 heterocycles. The molecule has 0 aliphatic carbocycles. The van der Waals surface area contributed by atoms with E-state index in [-0.39, 0.29) is 0 Å². The van der Waals surface area contributed by atoms with E-state index < -0.39 is 0 Å². The monoisotopic (exact) mass is 558 g/mol. The lowest BCUT2D eigenvalue weighted by Gasteiger charge is -2.33. The van der Waals surface area contributed by atoms with Gasteiger partial charge in [-0.25, -0.2) is 0 Å². The largest absolute Gasteiger partial charge is 0.337 e. The average Bonchev–Trinajstić information content (AvgIpc) is 3.07. The first-order chi connectivity index (χ1) is 21.2. The zero-order chi connectivity index (χ0) is 30.4. The molecule has 0 aromatic heterocycles. The number of rotatable bonds is 10. The molecule has 0 aliphatic rings. The molecule has 2 heteroatoms. The van der Waals surface area contributed by atoms with Crippen molar-refractivity contribution in [1.29, 1.82) is 0 Å². The van der Waals surface area contributed by atoms with Crippen LogP contribution in [0.3, 0.4) is 0 Å². The van der Waals surface area contributed by atoms with Crippen LogP contribution in [0.25, 0.3) is 16.8 Å². The number of fused-ring (bicyclic) bond motifs is 1. The van der Waals surface area contributed by atoms with Gasteiger partial charge in [0.25, 0.3) is 0 Å². The molecule has 0 N–H and O–H groups in total. The van der Waals surface area contributed by atoms with Gasteiger partial charge in [0.05, 0.1) is 11.4 Å². The second-order valence-electron chi connectivity index (χ2n) is 9.78. The zero-order valence-corrected chi connectivity index (χ0v) is 25.0. The van der Waals surface area contributed by atoms with Crippen LogP contribution >= 0.6 is 0 Å². The van der Waals surface area contributed by atoms with Gasteiger partial charge in [0.15, 0.2) is 0 Å². The zero-order valence-electron chi connectivity index (χ0n) is 25.0. The molecule has 5 rings (SSSR count). The van der Waals surface area contributed by atoms with E-state index >= 15 is 0 Å². The van der Waals surface area contributed by atoms with Crippen molar-refractivity contribution < 1.29 is 0 Å². The highest BCUT2D eigenvalue weighted by molar-refractivity contribution is 6.10. The fourth-order valence-electron chi connectivity index (χ4n) is 5.39. The van der Waals surface area contributed by atoms with E-state index in [2.05, 4.69) is 183 Å². The lowest BCUT2D eigenvalue weighted by atomic mass is 9.93. The van der Waals surface area contributed by atoms with Crippen LogP contribution in [0.4, 0.5) is 28.4 Å². The number of benzene rings is 5. The standard InChI is InChI=1S/C39H36N2.C2H2/c1-4-6-7-8-20-30-40(32-22-12-9-13-23-32)38-31(3)35(21-5-2)39(37-29-19-18-28-36(37)38)41(33-24-14-10-15-25-33)34-26-16-11-17-27-34;1-2/h4-29H,1,30H2,2-3H3;1-2H/b7-6-,20-8-,21-5-;. The fraction of sp³-hybridized carbons (Fsp3) is 0.0732. The summed E-state index contributed by atoms with van der Waals surface area (Å²) in [6.45, 7) is 8.86. The Bertz CT molecular complexity index is 1690. The highest BCUT2D eigenvalue weighted by Crippen LogP contribution is 2.48. The van der Waals surface area contributed by atoms with Crippen LogP contribution in [0.1, 0.15) is 18.1 Å². The van der Waals surface area contributed by atoms with Gasteiger partial charge in [0.2, 0.25) is 0 Å². The van der Waals surface area contributed by atoms with Crippen LogP contribution in [0.5, 0.6) is 0 Å².